The van der Waals surface area contributed by atoms with Gasteiger partial charge >= 0.3 is 0 Å². The van der Waals surface area contributed by atoms with Crippen LogP contribution in [0, 0.1) is 0 Å². The lowest BCUT2D eigenvalue weighted by atomic mass is 10.00. The Labute approximate surface area is 128 Å². The molecule has 0 saturated carbocycles. The van der Waals surface area contributed by atoms with Crippen molar-refractivity contribution in [1.82, 2.24) is 0 Å². The molecule has 0 aromatic heterocycles. The van der Waals surface area contributed by atoms with Crippen LogP contribution in [0.5, 0.6) is 0 Å². The zero-order valence-electron chi connectivity index (χ0n) is 13.0. The Balaban J connectivity index is 2.69. The van der Waals surface area contributed by atoms with Gasteiger partial charge in [-0.05, 0) is 43.4 Å². The van der Waals surface area contributed by atoms with E-state index in [1.165, 1.54) is 0 Å². The Hall–Kier alpha value is -0.910. The molecular weight excluding hydrogens is 286 g/mol. The van der Waals surface area contributed by atoms with Crippen molar-refractivity contribution in [2.75, 3.05) is 5.75 Å². The molecule has 4 nitrogen and oxygen atoms in total. The largest absolute Gasteiger partial charge is 0.392 e. The van der Waals surface area contributed by atoms with E-state index in [-0.39, 0.29) is 11.8 Å². The first kappa shape index (κ1) is 18.1. The topological polar surface area (TPSA) is 80.4 Å². The van der Waals surface area contributed by atoms with Crippen LogP contribution in [0.2, 0.25) is 0 Å². The monoisotopic (exact) mass is 313 g/mol. The lowest BCUT2D eigenvalue weighted by Gasteiger charge is -2.18. The quantitative estimate of drug-likeness (QED) is 0.733. The Kier molecular flexibility index (Phi) is 7.35. The Morgan fingerprint density at radius 2 is 1.90 bits per heavy atom. The van der Waals surface area contributed by atoms with E-state index in [4.69, 9.17) is 5.73 Å². The standard InChI is InChI=1S/C16H27NO3S/c1-3-6-15(17)16(18)10-9-13-7-5-8-14(12-13)21(19,20)11-4-2/h5,7-8,12,15-16,18H,3-4,6,9-11,17H2,1-2H3. The zero-order chi connectivity index (χ0) is 15.9. The van der Waals surface area contributed by atoms with Crippen molar-refractivity contribution >= 4 is 9.84 Å². The first-order valence-corrected chi connectivity index (χ1v) is 9.31. The van der Waals surface area contributed by atoms with Crippen LogP contribution >= 0.6 is 0 Å². The van der Waals surface area contributed by atoms with Crippen LogP contribution in [0.3, 0.4) is 0 Å². The van der Waals surface area contributed by atoms with Crippen molar-refractivity contribution in [2.24, 2.45) is 5.73 Å². The predicted molar refractivity (Wildman–Crippen MR) is 86.0 cm³/mol. The first-order chi connectivity index (χ1) is 9.90. The van der Waals surface area contributed by atoms with Crippen molar-refractivity contribution in [3.05, 3.63) is 29.8 Å². The van der Waals surface area contributed by atoms with Gasteiger partial charge in [-0.2, -0.15) is 0 Å². The van der Waals surface area contributed by atoms with Crippen LogP contribution in [-0.2, 0) is 16.3 Å². The van der Waals surface area contributed by atoms with Crippen molar-refractivity contribution in [3.8, 4) is 0 Å². The number of hydrogen-bond donors (Lipinski definition) is 2. The van der Waals surface area contributed by atoms with Crippen LogP contribution in [0.15, 0.2) is 29.2 Å². The molecule has 1 rings (SSSR count). The summed E-state index contributed by atoms with van der Waals surface area (Å²) in [4.78, 5) is 0.370. The van der Waals surface area contributed by atoms with Crippen LogP contribution in [0.4, 0.5) is 0 Å². The molecule has 0 saturated heterocycles. The van der Waals surface area contributed by atoms with Gasteiger partial charge in [0.1, 0.15) is 0 Å². The van der Waals surface area contributed by atoms with E-state index in [2.05, 4.69) is 0 Å². The maximum Gasteiger partial charge on any atom is 0.178 e. The summed E-state index contributed by atoms with van der Waals surface area (Å²) >= 11 is 0. The molecule has 0 amide bonds. The lowest BCUT2D eigenvalue weighted by Crippen LogP contribution is -2.34. The summed E-state index contributed by atoms with van der Waals surface area (Å²) < 4.78 is 24.1. The van der Waals surface area contributed by atoms with Gasteiger partial charge in [0, 0.05) is 6.04 Å². The summed E-state index contributed by atoms with van der Waals surface area (Å²) in [7, 11) is -3.18. The molecule has 1 aromatic carbocycles. The van der Waals surface area contributed by atoms with E-state index < -0.39 is 15.9 Å². The molecule has 0 fully saturated rings. The predicted octanol–water partition coefficient (Wildman–Crippen LogP) is 2.29. The second-order valence-corrected chi connectivity index (χ2v) is 7.63. The average Bonchev–Trinajstić information content (AvgIpc) is 2.45. The molecule has 3 N–H and O–H groups in total. The van der Waals surface area contributed by atoms with Crippen LogP contribution < -0.4 is 5.73 Å². The molecule has 1 aromatic rings. The van der Waals surface area contributed by atoms with Gasteiger partial charge in [-0.3, -0.25) is 0 Å². The number of aliphatic hydroxyl groups excluding tert-OH is 1. The molecule has 0 aliphatic heterocycles. The third kappa shape index (κ3) is 5.77. The van der Waals surface area contributed by atoms with Crippen LogP contribution in [0.25, 0.3) is 0 Å². The number of sulfone groups is 1. The minimum absolute atomic E-state index is 0.167. The van der Waals surface area contributed by atoms with Crippen LogP contribution in [0.1, 0.15) is 45.1 Å². The molecule has 0 aliphatic carbocycles. The number of aliphatic hydroxyl groups is 1. The highest BCUT2D eigenvalue weighted by Crippen LogP contribution is 2.16. The molecular formula is C16H27NO3S. The number of hydrogen-bond acceptors (Lipinski definition) is 4. The zero-order valence-corrected chi connectivity index (χ0v) is 13.8. The van der Waals surface area contributed by atoms with Gasteiger partial charge in [0.15, 0.2) is 9.84 Å². The Bertz CT molecular complexity index is 528. The van der Waals surface area contributed by atoms with E-state index >= 15 is 0 Å². The van der Waals surface area contributed by atoms with Gasteiger partial charge in [-0.15, -0.1) is 0 Å². The highest BCUT2D eigenvalue weighted by Gasteiger charge is 2.16. The van der Waals surface area contributed by atoms with E-state index in [0.29, 0.717) is 24.2 Å². The van der Waals surface area contributed by atoms with Gasteiger partial charge in [0.25, 0.3) is 0 Å². The smallest absolute Gasteiger partial charge is 0.178 e. The molecule has 0 heterocycles. The maximum atomic E-state index is 12.0. The maximum absolute atomic E-state index is 12.0. The minimum atomic E-state index is -3.18. The van der Waals surface area contributed by atoms with Gasteiger partial charge < -0.3 is 10.8 Å². The van der Waals surface area contributed by atoms with Gasteiger partial charge in [-0.25, -0.2) is 8.42 Å². The molecule has 0 bridgehead atoms. The fourth-order valence-corrected chi connectivity index (χ4v) is 3.73. The van der Waals surface area contributed by atoms with Gasteiger partial charge in [0.2, 0.25) is 0 Å². The van der Waals surface area contributed by atoms with E-state index in [9.17, 15) is 13.5 Å². The lowest BCUT2D eigenvalue weighted by molar-refractivity contribution is 0.131. The summed E-state index contributed by atoms with van der Waals surface area (Å²) in [5.41, 5.74) is 6.81. The number of nitrogens with two attached hydrogens (primary N) is 1. The van der Waals surface area contributed by atoms with E-state index in [1.807, 2.05) is 19.9 Å². The molecule has 5 heteroatoms. The molecule has 120 valence electrons. The highest BCUT2D eigenvalue weighted by molar-refractivity contribution is 7.91. The van der Waals surface area contributed by atoms with Crippen molar-refractivity contribution in [2.45, 2.75) is 63.0 Å². The number of rotatable bonds is 9. The third-order valence-electron chi connectivity index (χ3n) is 3.58. The average molecular weight is 313 g/mol. The molecule has 2 atom stereocenters. The van der Waals surface area contributed by atoms with Crippen LogP contribution in [-0.4, -0.2) is 31.4 Å². The summed E-state index contributed by atoms with van der Waals surface area (Å²) in [6, 6.07) is 6.79. The van der Waals surface area contributed by atoms with E-state index in [0.717, 1.165) is 18.4 Å². The SMILES string of the molecule is CCCC(N)C(O)CCc1cccc(S(=O)(=O)CCC)c1. The summed E-state index contributed by atoms with van der Waals surface area (Å²) in [6.07, 6.45) is 3.00. The van der Waals surface area contributed by atoms with Gasteiger partial charge in [-0.1, -0.05) is 32.4 Å². The number of benzene rings is 1. The fraction of sp³-hybridized carbons (Fsp3) is 0.625. The summed E-state index contributed by atoms with van der Waals surface area (Å²) in [6.45, 7) is 3.89. The molecule has 2 unspecified atom stereocenters. The normalized spacial score (nSPS) is 14.9. The third-order valence-corrected chi connectivity index (χ3v) is 5.49. The highest BCUT2D eigenvalue weighted by atomic mass is 32.2. The molecule has 0 radical (unpaired) electrons. The van der Waals surface area contributed by atoms with Crippen molar-refractivity contribution in [1.29, 1.82) is 0 Å². The summed E-state index contributed by atoms with van der Waals surface area (Å²) in [5.74, 6) is 0.167. The van der Waals surface area contributed by atoms with Gasteiger partial charge in [0.05, 0.1) is 16.8 Å². The van der Waals surface area contributed by atoms with E-state index in [1.54, 1.807) is 18.2 Å². The second-order valence-electron chi connectivity index (χ2n) is 5.52. The molecule has 21 heavy (non-hydrogen) atoms. The Morgan fingerprint density at radius 1 is 1.19 bits per heavy atom. The second kappa shape index (κ2) is 8.51. The summed E-state index contributed by atoms with van der Waals surface area (Å²) in [5, 5.41) is 9.98. The fourth-order valence-electron chi connectivity index (χ4n) is 2.34. The Morgan fingerprint density at radius 3 is 2.52 bits per heavy atom. The minimum Gasteiger partial charge on any atom is -0.392 e. The van der Waals surface area contributed by atoms with Crippen molar-refractivity contribution in [3.63, 3.8) is 0 Å². The molecule has 0 spiro atoms. The number of aryl methyl sites for hydroxylation is 1. The molecule has 0 aliphatic rings. The van der Waals surface area contributed by atoms with Crippen molar-refractivity contribution < 1.29 is 13.5 Å². The first-order valence-electron chi connectivity index (χ1n) is 7.66.